The van der Waals surface area contributed by atoms with Gasteiger partial charge in [-0.2, -0.15) is 0 Å². The Kier molecular flexibility index (Phi) is 5.65. The van der Waals surface area contributed by atoms with E-state index in [9.17, 15) is 10.2 Å². The molecule has 3 atom stereocenters. The maximum absolute atomic E-state index is 10.4. The summed E-state index contributed by atoms with van der Waals surface area (Å²) in [5.74, 6) is 0. The number of rotatable bonds is 5. The summed E-state index contributed by atoms with van der Waals surface area (Å²) in [7, 11) is -2.72. The van der Waals surface area contributed by atoms with Gasteiger partial charge in [-0.3, -0.25) is 0 Å². The maximum Gasteiger partial charge on any atom is 0.261 e. The quantitative estimate of drug-likeness (QED) is 0.789. The van der Waals surface area contributed by atoms with E-state index in [4.69, 9.17) is 9.16 Å². The topological polar surface area (TPSA) is 58.9 Å². The first-order valence-corrected chi connectivity index (χ1v) is 11.0. The molecule has 3 rings (SSSR count). The number of benzene rings is 2. The Morgan fingerprint density at radius 3 is 1.88 bits per heavy atom. The molecule has 1 heterocycles. The van der Waals surface area contributed by atoms with Gasteiger partial charge in [0.25, 0.3) is 8.32 Å². The van der Waals surface area contributed by atoms with Gasteiger partial charge in [-0.05, 0) is 15.4 Å². The van der Waals surface area contributed by atoms with Crippen LogP contribution in [0.4, 0.5) is 0 Å². The van der Waals surface area contributed by atoms with E-state index < -0.39 is 20.7 Å². The molecule has 2 aromatic carbocycles. The van der Waals surface area contributed by atoms with Crippen LogP contribution in [0.25, 0.3) is 0 Å². The van der Waals surface area contributed by atoms with Crippen molar-refractivity contribution in [3.8, 4) is 0 Å². The van der Waals surface area contributed by atoms with Crippen LogP contribution in [0.2, 0.25) is 5.04 Å². The molecule has 0 bridgehead atoms. The fourth-order valence-corrected chi connectivity index (χ4v) is 8.54. The Hall–Kier alpha value is -1.50. The van der Waals surface area contributed by atoms with Crippen molar-refractivity contribution < 1.29 is 19.4 Å². The molecule has 4 nitrogen and oxygen atoms in total. The predicted molar refractivity (Wildman–Crippen MR) is 105 cm³/mol. The SMILES string of the molecule is CC(C)(C)[Si](O[C@@H]1C[C@@H](CO)O[C@@H]1O)(c1ccccc1)c1ccccc1. The lowest BCUT2D eigenvalue weighted by Crippen LogP contribution is -2.68. The van der Waals surface area contributed by atoms with E-state index in [2.05, 4.69) is 45.0 Å². The zero-order valence-electron chi connectivity index (χ0n) is 15.6. The van der Waals surface area contributed by atoms with Gasteiger partial charge in [-0.15, -0.1) is 0 Å². The van der Waals surface area contributed by atoms with Crippen LogP contribution in [0.15, 0.2) is 60.7 Å². The summed E-state index contributed by atoms with van der Waals surface area (Å²) in [5, 5.41) is 22.0. The first kappa shape index (κ1) is 19.3. The van der Waals surface area contributed by atoms with Crippen LogP contribution in [0.1, 0.15) is 27.2 Å². The van der Waals surface area contributed by atoms with Gasteiger partial charge in [0.05, 0.1) is 18.8 Å². The zero-order chi connectivity index (χ0) is 18.8. The highest BCUT2D eigenvalue weighted by molar-refractivity contribution is 6.99. The molecule has 26 heavy (non-hydrogen) atoms. The van der Waals surface area contributed by atoms with Gasteiger partial charge in [-0.1, -0.05) is 81.4 Å². The van der Waals surface area contributed by atoms with Crippen molar-refractivity contribution in [2.45, 2.75) is 50.7 Å². The molecule has 0 spiro atoms. The molecule has 5 heteroatoms. The summed E-state index contributed by atoms with van der Waals surface area (Å²) >= 11 is 0. The van der Waals surface area contributed by atoms with Crippen molar-refractivity contribution in [3.05, 3.63) is 60.7 Å². The summed E-state index contributed by atoms with van der Waals surface area (Å²) in [6, 6.07) is 20.6. The third-order valence-electron chi connectivity index (χ3n) is 5.09. The van der Waals surface area contributed by atoms with E-state index >= 15 is 0 Å². The largest absolute Gasteiger partial charge is 0.399 e. The van der Waals surface area contributed by atoms with Gasteiger partial charge in [0.1, 0.15) is 0 Å². The fraction of sp³-hybridized carbons (Fsp3) is 0.429. The van der Waals surface area contributed by atoms with Crippen LogP contribution in [-0.2, 0) is 9.16 Å². The molecule has 1 aliphatic heterocycles. The highest BCUT2D eigenvalue weighted by atomic mass is 28.4. The van der Waals surface area contributed by atoms with Crippen molar-refractivity contribution in [1.82, 2.24) is 0 Å². The third kappa shape index (κ3) is 3.50. The van der Waals surface area contributed by atoms with Gasteiger partial charge in [-0.25, -0.2) is 0 Å². The standard InChI is InChI=1S/C21H28O4Si/c1-21(2,3)26(17-10-6-4-7-11-17,18-12-8-5-9-13-18)25-19-14-16(15-22)24-20(19)23/h4-13,16,19-20,22-23H,14-15H2,1-3H3/t16-,19+,20-/m0/s1. The van der Waals surface area contributed by atoms with E-state index in [1.165, 1.54) is 10.4 Å². The summed E-state index contributed by atoms with van der Waals surface area (Å²) in [6.45, 7) is 6.48. The monoisotopic (exact) mass is 372 g/mol. The van der Waals surface area contributed by atoms with E-state index in [0.29, 0.717) is 6.42 Å². The molecule has 1 aliphatic rings. The number of ether oxygens (including phenoxy) is 1. The number of hydrogen-bond acceptors (Lipinski definition) is 4. The van der Waals surface area contributed by atoms with Gasteiger partial charge in [0.15, 0.2) is 6.29 Å². The fourth-order valence-electron chi connectivity index (χ4n) is 3.86. The van der Waals surface area contributed by atoms with Crippen molar-refractivity contribution in [2.24, 2.45) is 0 Å². The highest BCUT2D eigenvalue weighted by Gasteiger charge is 2.53. The molecule has 1 fully saturated rings. The Morgan fingerprint density at radius 2 is 1.50 bits per heavy atom. The molecular formula is C21H28O4Si. The van der Waals surface area contributed by atoms with Crippen LogP contribution in [0.3, 0.4) is 0 Å². The average Bonchev–Trinajstić information content (AvgIpc) is 3.00. The Morgan fingerprint density at radius 1 is 1.00 bits per heavy atom. The molecule has 0 amide bonds. The van der Waals surface area contributed by atoms with Gasteiger partial charge < -0.3 is 19.4 Å². The second-order valence-electron chi connectivity index (χ2n) is 7.89. The highest BCUT2D eigenvalue weighted by Crippen LogP contribution is 2.39. The zero-order valence-corrected chi connectivity index (χ0v) is 16.6. The summed E-state index contributed by atoms with van der Waals surface area (Å²) in [6.07, 6.45) is -1.37. The van der Waals surface area contributed by atoms with Crippen LogP contribution < -0.4 is 10.4 Å². The minimum atomic E-state index is -2.72. The second-order valence-corrected chi connectivity index (χ2v) is 12.1. The molecule has 0 saturated carbocycles. The Labute approximate surface area is 156 Å². The smallest absolute Gasteiger partial charge is 0.261 e. The van der Waals surface area contributed by atoms with Crippen LogP contribution in [0.5, 0.6) is 0 Å². The van der Waals surface area contributed by atoms with E-state index in [1.54, 1.807) is 0 Å². The molecule has 1 saturated heterocycles. The van der Waals surface area contributed by atoms with Crippen LogP contribution in [0, 0.1) is 0 Å². The van der Waals surface area contributed by atoms with Gasteiger partial charge in [0.2, 0.25) is 0 Å². The molecule has 140 valence electrons. The number of hydrogen-bond donors (Lipinski definition) is 2. The van der Waals surface area contributed by atoms with Crippen molar-refractivity contribution in [1.29, 1.82) is 0 Å². The normalized spacial score (nSPS) is 24.0. The molecule has 2 aromatic rings. The van der Waals surface area contributed by atoms with Crippen molar-refractivity contribution in [2.75, 3.05) is 6.61 Å². The first-order chi connectivity index (χ1) is 12.4. The van der Waals surface area contributed by atoms with Gasteiger partial charge in [0, 0.05) is 6.42 Å². The lowest BCUT2D eigenvalue weighted by Gasteiger charge is -2.44. The lowest BCUT2D eigenvalue weighted by atomic mass is 10.2. The molecule has 0 aromatic heterocycles. The van der Waals surface area contributed by atoms with Gasteiger partial charge >= 0.3 is 0 Å². The van der Waals surface area contributed by atoms with E-state index in [0.717, 1.165) is 0 Å². The molecule has 0 aliphatic carbocycles. The van der Waals surface area contributed by atoms with E-state index in [-0.39, 0.29) is 17.7 Å². The first-order valence-electron chi connectivity index (χ1n) is 9.12. The number of aliphatic hydroxyl groups excluding tert-OH is 2. The molecule has 0 unspecified atom stereocenters. The van der Waals surface area contributed by atoms with Crippen molar-refractivity contribution >= 4 is 18.7 Å². The summed E-state index contributed by atoms with van der Waals surface area (Å²) in [4.78, 5) is 0. The summed E-state index contributed by atoms with van der Waals surface area (Å²) < 4.78 is 12.3. The Balaban J connectivity index is 2.12. The third-order valence-corrected chi connectivity index (χ3v) is 10.2. The molecule has 0 radical (unpaired) electrons. The maximum atomic E-state index is 10.4. The number of aliphatic hydroxyl groups is 2. The van der Waals surface area contributed by atoms with E-state index in [1.807, 2.05) is 36.4 Å². The lowest BCUT2D eigenvalue weighted by molar-refractivity contribution is -0.129. The Bertz CT molecular complexity index is 659. The average molecular weight is 373 g/mol. The molecule has 2 N–H and O–H groups in total. The van der Waals surface area contributed by atoms with Crippen LogP contribution in [-0.4, -0.2) is 43.6 Å². The predicted octanol–water partition coefficient (Wildman–Crippen LogP) is 2.03. The summed E-state index contributed by atoms with van der Waals surface area (Å²) in [5.41, 5.74) is 0. The minimum Gasteiger partial charge on any atom is -0.399 e. The molecular weight excluding hydrogens is 344 g/mol. The van der Waals surface area contributed by atoms with Crippen molar-refractivity contribution in [3.63, 3.8) is 0 Å². The minimum absolute atomic E-state index is 0.113. The van der Waals surface area contributed by atoms with Crippen LogP contribution >= 0.6 is 0 Å². The second kappa shape index (κ2) is 7.62.